The molecule has 1 aromatic rings. The molecule has 1 aliphatic rings. The molecular formula is C12H14INO. The number of benzene rings is 1. The molecule has 15 heavy (non-hydrogen) atoms. The highest BCUT2D eigenvalue weighted by molar-refractivity contribution is 14.1. The molecule has 0 aliphatic carbocycles. The van der Waals surface area contributed by atoms with Gasteiger partial charge in [0, 0.05) is 13.1 Å². The van der Waals surface area contributed by atoms with E-state index in [0.29, 0.717) is 5.91 Å². The molecule has 1 heterocycles. The molecule has 0 N–H and O–H groups in total. The first-order chi connectivity index (χ1) is 7.27. The van der Waals surface area contributed by atoms with E-state index >= 15 is 0 Å². The third-order valence-electron chi connectivity index (χ3n) is 2.68. The summed E-state index contributed by atoms with van der Waals surface area (Å²) in [6.07, 6.45) is 2.16. The van der Waals surface area contributed by atoms with Crippen molar-refractivity contribution in [2.75, 3.05) is 6.54 Å². The van der Waals surface area contributed by atoms with Crippen LogP contribution in [0.15, 0.2) is 30.3 Å². The summed E-state index contributed by atoms with van der Waals surface area (Å²) in [5, 5.41) is 0. The number of amides is 1. The van der Waals surface area contributed by atoms with Crippen molar-refractivity contribution in [1.29, 1.82) is 0 Å². The van der Waals surface area contributed by atoms with Gasteiger partial charge in [-0.2, -0.15) is 0 Å². The highest BCUT2D eigenvalue weighted by Crippen LogP contribution is 2.20. The first kappa shape index (κ1) is 10.9. The van der Waals surface area contributed by atoms with E-state index < -0.39 is 0 Å². The molecule has 2 rings (SSSR count). The highest BCUT2D eigenvalue weighted by Gasteiger charge is 2.25. The molecule has 0 spiro atoms. The number of hydrogen-bond donors (Lipinski definition) is 0. The Balaban J connectivity index is 2.03. The van der Waals surface area contributed by atoms with Crippen LogP contribution in [0.3, 0.4) is 0 Å². The second kappa shape index (κ2) is 4.96. The maximum atomic E-state index is 11.8. The third-order valence-corrected chi connectivity index (χ3v) is 3.84. The van der Waals surface area contributed by atoms with Crippen LogP contribution in [0.25, 0.3) is 0 Å². The molecule has 0 radical (unpaired) electrons. The molecule has 0 aromatic heterocycles. The lowest BCUT2D eigenvalue weighted by Crippen LogP contribution is -2.40. The van der Waals surface area contributed by atoms with E-state index in [1.807, 2.05) is 23.1 Å². The molecule has 1 atom stereocenters. The van der Waals surface area contributed by atoms with Crippen molar-refractivity contribution in [2.45, 2.75) is 23.3 Å². The summed E-state index contributed by atoms with van der Waals surface area (Å²) in [4.78, 5) is 13.8. The Kier molecular flexibility index (Phi) is 3.61. The number of alkyl halides is 1. The van der Waals surface area contributed by atoms with Crippen LogP contribution in [-0.4, -0.2) is 21.3 Å². The van der Waals surface area contributed by atoms with E-state index in [1.165, 1.54) is 5.56 Å². The fourth-order valence-corrected chi connectivity index (χ4v) is 2.69. The smallest absolute Gasteiger partial charge is 0.235 e. The average molecular weight is 315 g/mol. The maximum absolute atomic E-state index is 11.8. The third kappa shape index (κ3) is 2.71. The fraction of sp³-hybridized carbons (Fsp3) is 0.417. The van der Waals surface area contributed by atoms with Crippen molar-refractivity contribution in [3.63, 3.8) is 0 Å². The van der Waals surface area contributed by atoms with Crippen LogP contribution in [-0.2, 0) is 11.3 Å². The summed E-state index contributed by atoms with van der Waals surface area (Å²) in [6, 6.07) is 10.2. The molecule has 2 nitrogen and oxygen atoms in total. The Morgan fingerprint density at radius 1 is 1.33 bits per heavy atom. The normalized spacial score (nSPS) is 21.8. The zero-order chi connectivity index (χ0) is 10.7. The first-order valence-electron chi connectivity index (χ1n) is 5.24. The van der Waals surface area contributed by atoms with Gasteiger partial charge >= 0.3 is 0 Å². The predicted molar refractivity (Wildman–Crippen MR) is 68.9 cm³/mol. The fourth-order valence-electron chi connectivity index (χ4n) is 1.85. The number of carbonyl (C=O) groups is 1. The Hall–Kier alpha value is -0.580. The summed E-state index contributed by atoms with van der Waals surface area (Å²) in [5.74, 6) is 0.297. The molecule has 0 saturated carbocycles. The lowest BCUT2D eigenvalue weighted by Gasteiger charge is -2.29. The topological polar surface area (TPSA) is 20.3 Å². The van der Waals surface area contributed by atoms with E-state index in [0.717, 1.165) is 25.9 Å². The van der Waals surface area contributed by atoms with Gasteiger partial charge in [0.25, 0.3) is 0 Å². The second-order valence-electron chi connectivity index (χ2n) is 3.86. The minimum Gasteiger partial charge on any atom is -0.337 e. The minimum absolute atomic E-state index is 0.181. The number of nitrogens with zero attached hydrogens (tertiary/aromatic N) is 1. The largest absolute Gasteiger partial charge is 0.337 e. The predicted octanol–water partition coefficient (Wildman–Crippen LogP) is 2.61. The van der Waals surface area contributed by atoms with Crippen LogP contribution in [0.5, 0.6) is 0 Å². The average Bonchev–Trinajstić information content (AvgIpc) is 2.26. The molecule has 3 heteroatoms. The Bertz CT molecular complexity index is 339. The van der Waals surface area contributed by atoms with Crippen LogP contribution in [0.4, 0.5) is 0 Å². The molecule has 1 fully saturated rings. The Morgan fingerprint density at radius 3 is 2.80 bits per heavy atom. The van der Waals surface area contributed by atoms with Crippen molar-refractivity contribution in [1.82, 2.24) is 4.90 Å². The van der Waals surface area contributed by atoms with Crippen LogP contribution >= 0.6 is 22.6 Å². The van der Waals surface area contributed by atoms with Gasteiger partial charge in [-0.3, -0.25) is 4.79 Å². The quantitative estimate of drug-likeness (QED) is 0.607. The molecule has 0 bridgehead atoms. The van der Waals surface area contributed by atoms with Crippen LogP contribution in [0.1, 0.15) is 18.4 Å². The zero-order valence-corrected chi connectivity index (χ0v) is 10.7. The molecule has 1 amide bonds. The number of rotatable bonds is 2. The van der Waals surface area contributed by atoms with Gasteiger partial charge in [0.1, 0.15) is 0 Å². The van der Waals surface area contributed by atoms with Crippen LogP contribution in [0.2, 0.25) is 0 Å². The Morgan fingerprint density at radius 2 is 2.07 bits per heavy atom. The summed E-state index contributed by atoms with van der Waals surface area (Å²) in [5.41, 5.74) is 1.22. The zero-order valence-electron chi connectivity index (χ0n) is 8.53. The standard InChI is InChI=1S/C12H14INO/c13-11-7-4-8-14(12(11)15)9-10-5-2-1-3-6-10/h1-3,5-6,11H,4,7-9H2. The highest BCUT2D eigenvalue weighted by atomic mass is 127. The van der Waals surface area contributed by atoms with Gasteiger partial charge in [0.15, 0.2) is 0 Å². The number of halogens is 1. The molecule has 1 saturated heterocycles. The van der Waals surface area contributed by atoms with Gasteiger partial charge in [-0.1, -0.05) is 52.9 Å². The molecule has 1 aliphatic heterocycles. The number of carbonyl (C=O) groups excluding carboxylic acids is 1. The Labute approximate surface area is 104 Å². The number of hydrogen-bond acceptors (Lipinski definition) is 1. The van der Waals surface area contributed by atoms with E-state index in [9.17, 15) is 4.79 Å². The molecule has 80 valence electrons. The SMILES string of the molecule is O=C1C(I)CCCN1Cc1ccccc1. The van der Waals surface area contributed by atoms with Gasteiger partial charge in [-0.25, -0.2) is 0 Å². The number of piperidine rings is 1. The van der Waals surface area contributed by atoms with Crippen molar-refractivity contribution in [2.24, 2.45) is 0 Å². The van der Waals surface area contributed by atoms with E-state index in [1.54, 1.807) is 0 Å². The lowest BCUT2D eigenvalue weighted by molar-refractivity contribution is -0.132. The van der Waals surface area contributed by atoms with Gasteiger partial charge in [-0.05, 0) is 18.4 Å². The summed E-state index contributed by atoms with van der Waals surface area (Å²) in [6.45, 7) is 1.67. The monoisotopic (exact) mass is 315 g/mol. The number of likely N-dealkylation sites (tertiary alicyclic amines) is 1. The van der Waals surface area contributed by atoms with E-state index in [2.05, 4.69) is 34.7 Å². The molecule has 1 unspecified atom stereocenters. The molecular weight excluding hydrogens is 301 g/mol. The van der Waals surface area contributed by atoms with Crippen molar-refractivity contribution >= 4 is 28.5 Å². The summed E-state index contributed by atoms with van der Waals surface area (Å²) < 4.78 is 0.181. The molecule has 1 aromatic carbocycles. The van der Waals surface area contributed by atoms with E-state index in [4.69, 9.17) is 0 Å². The summed E-state index contributed by atoms with van der Waals surface area (Å²) in [7, 11) is 0. The van der Waals surface area contributed by atoms with Crippen molar-refractivity contribution < 1.29 is 4.79 Å². The van der Waals surface area contributed by atoms with Gasteiger partial charge < -0.3 is 4.90 Å². The van der Waals surface area contributed by atoms with Crippen molar-refractivity contribution in [3.05, 3.63) is 35.9 Å². The second-order valence-corrected chi connectivity index (χ2v) is 5.36. The lowest BCUT2D eigenvalue weighted by atomic mass is 10.1. The maximum Gasteiger partial charge on any atom is 0.235 e. The minimum atomic E-state index is 0.181. The van der Waals surface area contributed by atoms with Crippen molar-refractivity contribution in [3.8, 4) is 0 Å². The first-order valence-corrected chi connectivity index (χ1v) is 6.49. The van der Waals surface area contributed by atoms with E-state index in [-0.39, 0.29) is 3.92 Å². The van der Waals surface area contributed by atoms with Gasteiger partial charge in [0.05, 0.1) is 3.92 Å². The van der Waals surface area contributed by atoms with Gasteiger partial charge in [-0.15, -0.1) is 0 Å². The van der Waals surface area contributed by atoms with Gasteiger partial charge in [0.2, 0.25) is 5.91 Å². The van der Waals surface area contributed by atoms with Crippen LogP contribution in [0, 0.1) is 0 Å². The summed E-state index contributed by atoms with van der Waals surface area (Å²) >= 11 is 2.25. The van der Waals surface area contributed by atoms with Crippen LogP contribution < -0.4 is 0 Å².